The van der Waals surface area contributed by atoms with E-state index >= 15 is 0 Å². The Bertz CT molecular complexity index is 1180. The fourth-order valence-corrected chi connectivity index (χ4v) is 3.05. The van der Waals surface area contributed by atoms with Crippen LogP contribution in [0.15, 0.2) is 82.4 Å². The number of hydrogen-bond acceptors (Lipinski definition) is 5. The van der Waals surface area contributed by atoms with Gasteiger partial charge in [0.25, 0.3) is 5.91 Å². The molecule has 33 heavy (non-hydrogen) atoms. The van der Waals surface area contributed by atoms with E-state index in [0.717, 1.165) is 4.47 Å². The molecule has 0 fully saturated rings. The SMILES string of the molecule is CCOc1ccccc1C=NNC(=O)C(=O)Nc1ccccc1C(=O)Nc1ccc(Br)cc1. The van der Waals surface area contributed by atoms with E-state index in [1.165, 1.54) is 12.3 Å². The molecule has 0 aliphatic rings. The van der Waals surface area contributed by atoms with Gasteiger partial charge in [-0.25, -0.2) is 5.43 Å². The summed E-state index contributed by atoms with van der Waals surface area (Å²) in [6.45, 7) is 2.34. The molecule has 0 radical (unpaired) electrons. The normalized spacial score (nSPS) is 10.5. The van der Waals surface area contributed by atoms with Crippen LogP contribution in [0, 0.1) is 0 Å². The largest absolute Gasteiger partial charge is 0.493 e. The third-order valence-electron chi connectivity index (χ3n) is 4.32. The van der Waals surface area contributed by atoms with Crippen LogP contribution in [0.5, 0.6) is 5.75 Å². The summed E-state index contributed by atoms with van der Waals surface area (Å²) in [4.78, 5) is 37.2. The van der Waals surface area contributed by atoms with Crippen LogP contribution in [0.1, 0.15) is 22.8 Å². The molecule has 3 aromatic rings. The molecular weight excluding hydrogens is 488 g/mol. The van der Waals surface area contributed by atoms with Crippen LogP contribution in [0.3, 0.4) is 0 Å². The molecule has 0 saturated carbocycles. The summed E-state index contributed by atoms with van der Waals surface area (Å²) in [6, 6.07) is 20.6. The Labute approximate surface area is 199 Å². The molecular formula is C24H21BrN4O4. The number of nitrogens with zero attached hydrogens (tertiary/aromatic N) is 1. The molecule has 0 heterocycles. The zero-order valence-electron chi connectivity index (χ0n) is 17.7. The first kappa shape index (κ1) is 23.7. The van der Waals surface area contributed by atoms with Crippen LogP contribution in [0.2, 0.25) is 0 Å². The molecule has 168 valence electrons. The average Bonchev–Trinajstić information content (AvgIpc) is 2.82. The number of amides is 3. The lowest BCUT2D eigenvalue weighted by molar-refractivity contribution is -0.136. The molecule has 0 aromatic heterocycles. The van der Waals surface area contributed by atoms with Crippen molar-refractivity contribution in [3.63, 3.8) is 0 Å². The first-order chi connectivity index (χ1) is 16.0. The number of hydrazone groups is 1. The highest BCUT2D eigenvalue weighted by atomic mass is 79.9. The topological polar surface area (TPSA) is 109 Å². The molecule has 0 spiro atoms. The van der Waals surface area contributed by atoms with E-state index in [0.29, 0.717) is 23.6 Å². The molecule has 9 heteroatoms. The summed E-state index contributed by atoms with van der Waals surface area (Å²) < 4.78 is 6.36. The molecule has 3 rings (SSSR count). The zero-order chi connectivity index (χ0) is 23.6. The highest BCUT2D eigenvalue weighted by molar-refractivity contribution is 9.10. The number of hydrogen-bond donors (Lipinski definition) is 3. The van der Waals surface area contributed by atoms with Crippen LogP contribution in [0.4, 0.5) is 11.4 Å². The van der Waals surface area contributed by atoms with Crippen molar-refractivity contribution in [3.8, 4) is 5.75 Å². The minimum atomic E-state index is -0.983. The third kappa shape index (κ3) is 6.75. The van der Waals surface area contributed by atoms with Gasteiger partial charge in [-0.05, 0) is 55.5 Å². The van der Waals surface area contributed by atoms with Crippen molar-refractivity contribution < 1.29 is 19.1 Å². The van der Waals surface area contributed by atoms with Gasteiger partial charge in [-0.1, -0.05) is 40.2 Å². The molecule has 3 N–H and O–H groups in total. The van der Waals surface area contributed by atoms with Gasteiger partial charge in [0.15, 0.2) is 0 Å². The third-order valence-corrected chi connectivity index (χ3v) is 4.85. The Balaban J connectivity index is 1.64. The Morgan fingerprint density at radius 3 is 2.36 bits per heavy atom. The summed E-state index contributed by atoms with van der Waals surface area (Å²) in [7, 11) is 0. The van der Waals surface area contributed by atoms with Gasteiger partial charge in [0, 0.05) is 15.7 Å². The number of anilines is 2. The van der Waals surface area contributed by atoms with E-state index in [-0.39, 0.29) is 11.3 Å². The van der Waals surface area contributed by atoms with Crippen molar-refractivity contribution in [1.82, 2.24) is 5.43 Å². The first-order valence-electron chi connectivity index (χ1n) is 10.00. The first-order valence-corrected chi connectivity index (χ1v) is 10.8. The Morgan fingerprint density at radius 1 is 0.909 bits per heavy atom. The van der Waals surface area contributed by atoms with Crippen molar-refractivity contribution in [2.75, 3.05) is 17.2 Å². The quantitative estimate of drug-likeness (QED) is 0.252. The minimum Gasteiger partial charge on any atom is -0.493 e. The van der Waals surface area contributed by atoms with Gasteiger partial charge >= 0.3 is 11.8 Å². The standard InChI is InChI=1S/C24H21BrN4O4/c1-2-33-21-10-6-3-7-16(21)15-26-29-24(32)23(31)28-20-9-5-4-8-19(20)22(30)27-18-13-11-17(25)12-14-18/h3-15H,2H2,1H3,(H,27,30)(H,28,31)(H,29,32). The monoisotopic (exact) mass is 508 g/mol. The predicted octanol–water partition coefficient (Wildman–Crippen LogP) is 4.19. The molecule has 0 aliphatic carbocycles. The maximum Gasteiger partial charge on any atom is 0.329 e. The number of carbonyl (C=O) groups is 3. The maximum atomic E-state index is 12.7. The van der Waals surface area contributed by atoms with E-state index in [2.05, 4.69) is 37.1 Å². The van der Waals surface area contributed by atoms with Gasteiger partial charge in [0.2, 0.25) is 0 Å². The number of benzene rings is 3. The Morgan fingerprint density at radius 2 is 1.61 bits per heavy atom. The van der Waals surface area contributed by atoms with Crippen LogP contribution in [-0.2, 0) is 9.59 Å². The van der Waals surface area contributed by atoms with Gasteiger partial charge in [-0.15, -0.1) is 0 Å². The second-order valence-corrected chi connectivity index (χ2v) is 7.55. The molecule has 0 bridgehead atoms. The number of ether oxygens (including phenoxy) is 1. The van der Waals surface area contributed by atoms with Crippen LogP contribution < -0.4 is 20.8 Å². The van der Waals surface area contributed by atoms with Crippen LogP contribution in [0.25, 0.3) is 0 Å². The van der Waals surface area contributed by atoms with Crippen LogP contribution >= 0.6 is 15.9 Å². The van der Waals surface area contributed by atoms with E-state index < -0.39 is 17.7 Å². The summed E-state index contributed by atoms with van der Waals surface area (Å²) in [5, 5.41) is 9.02. The molecule has 0 saturated heterocycles. The van der Waals surface area contributed by atoms with E-state index in [1.807, 2.05) is 13.0 Å². The van der Waals surface area contributed by atoms with E-state index in [4.69, 9.17) is 4.74 Å². The number of nitrogens with one attached hydrogen (secondary N) is 3. The van der Waals surface area contributed by atoms with Gasteiger partial charge in [-0.3, -0.25) is 14.4 Å². The van der Waals surface area contributed by atoms with E-state index in [1.54, 1.807) is 60.7 Å². The lowest BCUT2D eigenvalue weighted by Crippen LogP contribution is -2.33. The van der Waals surface area contributed by atoms with E-state index in [9.17, 15) is 14.4 Å². The summed E-state index contributed by atoms with van der Waals surface area (Å²) >= 11 is 3.34. The highest BCUT2D eigenvalue weighted by Crippen LogP contribution is 2.19. The zero-order valence-corrected chi connectivity index (χ0v) is 19.3. The molecule has 0 aliphatic heterocycles. The van der Waals surface area contributed by atoms with Crippen LogP contribution in [-0.4, -0.2) is 30.5 Å². The Kier molecular flexibility index (Phi) is 8.31. The average molecular weight is 509 g/mol. The van der Waals surface area contributed by atoms with Gasteiger partial charge in [0.05, 0.1) is 24.1 Å². The lowest BCUT2D eigenvalue weighted by Gasteiger charge is -2.11. The van der Waals surface area contributed by atoms with Crippen molar-refractivity contribution in [1.29, 1.82) is 0 Å². The second-order valence-electron chi connectivity index (χ2n) is 6.63. The maximum absolute atomic E-state index is 12.7. The number of rotatable bonds is 7. The van der Waals surface area contributed by atoms with Crippen molar-refractivity contribution in [2.45, 2.75) is 6.92 Å². The molecule has 8 nitrogen and oxygen atoms in total. The molecule has 0 unspecified atom stereocenters. The van der Waals surface area contributed by atoms with Crippen molar-refractivity contribution in [3.05, 3.63) is 88.4 Å². The van der Waals surface area contributed by atoms with Crippen molar-refractivity contribution >= 4 is 51.2 Å². The summed E-state index contributed by atoms with van der Waals surface area (Å²) in [5.74, 6) is -1.77. The predicted molar refractivity (Wildman–Crippen MR) is 131 cm³/mol. The fourth-order valence-electron chi connectivity index (χ4n) is 2.79. The second kappa shape index (κ2) is 11.6. The lowest BCUT2D eigenvalue weighted by atomic mass is 10.1. The molecule has 3 amide bonds. The highest BCUT2D eigenvalue weighted by Gasteiger charge is 2.18. The van der Waals surface area contributed by atoms with Gasteiger partial charge in [-0.2, -0.15) is 5.10 Å². The minimum absolute atomic E-state index is 0.193. The molecule has 3 aromatic carbocycles. The number of halogens is 1. The molecule has 0 atom stereocenters. The van der Waals surface area contributed by atoms with Gasteiger partial charge < -0.3 is 15.4 Å². The summed E-state index contributed by atoms with van der Waals surface area (Å²) in [6.07, 6.45) is 1.38. The number of carbonyl (C=O) groups excluding carboxylic acids is 3. The number of para-hydroxylation sites is 2. The summed E-state index contributed by atoms with van der Waals surface area (Å²) in [5.41, 5.74) is 3.80. The smallest absolute Gasteiger partial charge is 0.329 e. The van der Waals surface area contributed by atoms with Gasteiger partial charge in [0.1, 0.15) is 5.75 Å². The Hall–Kier alpha value is -3.98. The fraction of sp³-hybridized carbons (Fsp3) is 0.0833. The van der Waals surface area contributed by atoms with Crippen molar-refractivity contribution in [2.24, 2.45) is 5.10 Å².